The van der Waals surface area contributed by atoms with E-state index in [9.17, 15) is 13.2 Å². The Morgan fingerprint density at radius 2 is 1.84 bits per heavy atom. The molecule has 0 aromatic heterocycles. The van der Waals surface area contributed by atoms with E-state index in [1.807, 2.05) is 6.92 Å². The first-order chi connectivity index (χ1) is 8.88. The zero-order chi connectivity index (χ0) is 14.5. The predicted octanol–water partition coefficient (Wildman–Crippen LogP) is 0.723. The van der Waals surface area contributed by atoms with Crippen LogP contribution in [0.4, 0.5) is 5.69 Å². The molecule has 0 saturated heterocycles. The lowest BCUT2D eigenvalue weighted by Crippen LogP contribution is -2.30. The molecule has 2 N–H and O–H groups in total. The molecular formula is C12H18N2O4S. The van der Waals surface area contributed by atoms with Gasteiger partial charge in [0.2, 0.25) is 10.0 Å². The minimum absolute atomic E-state index is 0.0448. The van der Waals surface area contributed by atoms with Crippen LogP contribution in [0.3, 0.4) is 0 Å². The maximum atomic E-state index is 11.4. The lowest BCUT2D eigenvalue weighted by Gasteiger charge is -2.22. The summed E-state index contributed by atoms with van der Waals surface area (Å²) in [4.78, 5) is 13.3. The van der Waals surface area contributed by atoms with E-state index < -0.39 is 10.0 Å². The highest BCUT2D eigenvalue weighted by atomic mass is 32.2. The molecule has 0 aliphatic heterocycles. The van der Waals surface area contributed by atoms with Gasteiger partial charge in [-0.25, -0.2) is 13.6 Å². The summed E-state index contributed by atoms with van der Waals surface area (Å²) in [6, 6.07) is 6.06. The van der Waals surface area contributed by atoms with E-state index in [1.54, 1.807) is 24.0 Å². The number of rotatable bonds is 6. The first-order valence-electron chi connectivity index (χ1n) is 5.92. The lowest BCUT2D eigenvalue weighted by molar-refractivity contribution is -0.141. The van der Waals surface area contributed by atoms with Gasteiger partial charge in [0.05, 0.1) is 11.5 Å². The van der Waals surface area contributed by atoms with E-state index in [-0.39, 0.29) is 17.4 Å². The van der Waals surface area contributed by atoms with Crippen LogP contribution in [0.5, 0.6) is 0 Å². The monoisotopic (exact) mass is 286 g/mol. The molecule has 1 rings (SSSR count). The van der Waals surface area contributed by atoms with E-state index in [0.29, 0.717) is 13.2 Å². The van der Waals surface area contributed by atoms with Crippen LogP contribution in [0.25, 0.3) is 0 Å². The summed E-state index contributed by atoms with van der Waals surface area (Å²) in [5.74, 6) is -0.320. The summed E-state index contributed by atoms with van der Waals surface area (Å²) < 4.78 is 27.2. The standard InChI is InChI=1S/C12H18N2O4S/c1-3-14(9-12(15)18-4-2)10-5-7-11(8-6-10)19(13,16)17/h5-8H,3-4,9H2,1-2H3,(H2,13,16,17). The van der Waals surface area contributed by atoms with E-state index in [0.717, 1.165) is 5.69 Å². The van der Waals surface area contributed by atoms with Crippen molar-refractivity contribution >= 4 is 21.7 Å². The van der Waals surface area contributed by atoms with Crippen LogP contribution in [-0.4, -0.2) is 34.1 Å². The number of nitrogens with two attached hydrogens (primary N) is 1. The minimum Gasteiger partial charge on any atom is -0.465 e. The third-order valence-electron chi connectivity index (χ3n) is 2.54. The van der Waals surface area contributed by atoms with E-state index >= 15 is 0 Å². The van der Waals surface area contributed by atoms with Gasteiger partial charge in [0.15, 0.2) is 0 Å². The van der Waals surface area contributed by atoms with Crippen molar-refractivity contribution in [3.63, 3.8) is 0 Å². The number of primary sulfonamides is 1. The number of likely N-dealkylation sites (N-methyl/N-ethyl adjacent to an activating group) is 1. The number of esters is 1. The Labute approximate surface area is 113 Å². The molecule has 0 heterocycles. The molecule has 19 heavy (non-hydrogen) atoms. The van der Waals surface area contributed by atoms with Crippen LogP contribution >= 0.6 is 0 Å². The second kappa shape index (κ2) is 6.53. The largest absolute Gasteiger partial charge is 0.465 e. The molecule has 106 valence electrons. The number of ether oxygens (including phenoxy) is 1. The Morgan fingerprint density at radius 3 is 2.26 bits per heavy atom. The topological polar surface area (TPSA) is 89.7 Å². The molecule has 0 bridgehead atoms. The van der Waals surface area contributed by atoms with Gasteiger partial charge in [-0.1, -0.05) is 0 Å². The van der Waals surface area contributed by atoms with Crippen molar-refractivity contribution < 1.29 is 17.9 Å². The average Bonchev–Trinajstić information content (AvgIpc) is 2.35. The Bertz CT molecular complexity index is 525. The number of sulfonamides is 1. The number of nitrogens with zero attached hydrogens (tertiary/aromatic N) is 1. The van der Waals surface area contributed by atoms with Gasteiger partial charge in [0.1, 0.15) is 6.54 Å². The van der Waals surface area contributed by atoms with Gasteiger partial charge >= 0.3 is 5.97 Å². The lowest BCUT2D eigenvalue weighted by atomic mass is 10.3. The molecule has 0 amide bonds. The maximum Gasteiger partial charge on any atom is 0.325 e. The SMILES string of the molecule is CCOC(=O)CN(CC)c1ccc(S(N)(=O)=O)cc1. The molecule has 6 nitrogen and oxygen atoms in total. The fourth-order valence-electron chi connectivity index (χ4n) is 1.59. The highest BCUT2D eigenvalue weighted by Gasteiger charge is 2.12. The van der Waals surface area contributed by atoms with Crippen molar-refractivity contribution in [2.45, 2.75) is 18.7 Å². The predicted molar refractivity (Wildman–Crippen MR) is 72.3 cm³/mol. The Morgan fingerprint density at radius 1 is 1.26 bits per heavy atom. The molecule has 0 fully saturated rings. The van der Waals surface area contributed by atoms with E-state index in [1.165, 1.54) is 12.1 Å². The van der Waals surface area contributed by atoms with Crippen LogP contribution in [0.15, 0.2) is 29.2 Å². The zero-order valence-electron chi connectivity index (χ0n) is 11.0. The number of carbonyl (C=O) groups is 1. The molecule has 0 aliphatic carbocycles. The Kier molecular flexibility index (Phi) is 5.31. The highest BCUT2D eigenvalue weighted by Crippen LogP contribution is 2.17. The fraction of sp³-hybridized carbons (Fsp3) is 0.417. The van der Waals surface area contributed by atoms with Crippen LogP contribution in [0.2, 0.25) is 0 Å². The third-order valence-corrected chi connectivity index (χ3v) is 3.47. The fourth-order valence-corrected chi connectivity index (χ4v) is 2.11. The summed E-state index contributed by atoms with van der Waals surface area (Å²) in [6.07, 6.45) is 0. The molecule has 1 aromatic rings. The number of hydrogen-bond donors (Lipinski definition) is 1. The first-order valence-corrected chi connectivity index (χ1v) is 7.46. The Balaban J connectivity index is 2.85. The van der Waals surface area contributed by atoms with Gasteiger partial charge in [-0.05, 0) is 38.1 Å². The zero-order valence-corrected chi connectivity index (χ0v) is 11.8. The molecule has 0 spiro atoms. The molecule has 7 heteroatoms. The molecular weight excluding hydrogens is 268 g/mol. The quantitative estimate of drug-likeness (QED) is 0.778. The molecule has 0 unspecified atom stereocenters. The Hall–Kier alpha value is -1.60. The second-order valence-electron chi connectivity index (χ2n) is 3.86. The van der Waals surface area contributed by atoms with E-state index in [4.69, 9.17) is 9.88 Å². The smallest absolute Gasteiger partial charge is 0.325 e. The van der Waals surface area contributed by atoms with Crippen LogP contribution < -0.4 is 10.0 Å². The summed E-state index contributed by atoms with van der Waals surface area (Å²) >= 11 is 0. The molecule has 0 radical (unpaired) electrons. The summed E-state index contributed by atoms with van der Waals surface area (Å²) in [5, 5.41) is 5.02. The first kappa shape index (κ1) is 15.5. The summed E-state index contributed by atoms with van der Waals surface area (Å²) in [7, 11) is -3.69. The van der Waals surface area contributed by atoms with E-state index in [2.05, 4.69) is 0 Å². The normalized spacial score (nSPS) is 11.1. The minimum atomic E-state index is -3.69. The molecule has 0 saturated carbocycles. The van der Waals surface area contributed by atoms with Crippen molar-refractivity contribution in [2.75, 3.05) is 24.6 Å². The van der Waals surface area contributed by atoms with Gasteiger partial charge in [-0.15, -0.1) is 0 Å². The number of carbonyl (C=O) groups excluding carboxylic acids is 1. The van der Waals surface area contributed by atoms with Gasteiger partial charge in [0, 0.05) is 12.2 Å². The van der Waals surface area contributed by atoms with Gasteiger partial charge in [-0.3, -0.25) is 4.79 Å². The van der Waals surface area contributed by atoms with Gasteiger partial charge in [-0.2, -0.15) is 0 Å². The van der Waals surface area contributed by atoms with Crippen molar-refractivity contribution in [3.05, 3.63) is 24.3 Å². The van der Waals surface area contributed by atoms with Crippen LogP contribution in [-0.2, 0) is 19.6 Å². The average molecular weight is 286 g/mol. The molecule has 0 aliphatic rings. The number of benzene rings is 1. The van der Waals surface area contributed by atoms with Crippen molar-refractivity contribution in [3.8, 4) is 0 Å². The third kappa shape index (κ3) is 4.53. The van der Waals surface area contributed by atoms with Crippen LogP contribution in [0, 0.1) is 0 Å². The number of anilines is 1. The summed E-state index contributed by atoms with van der Waals surface area (Å²) in [6.45, 7) is 4.70. The molecule has 1 aromatic carbocycles. The van der Waals surface area contributed by atoms with Crippen molar-refractivity contribution in [2.24, 2.45) is 5.14 Å². The van der Waals surface area contributed by atoms with Crippen molar-refractivity contribution in [1.82, 2.24) is 0 Å². The number of hydrogen-bond acceptors (Lipinski definition) is 5. The maximum absolute atomic E-state index is 11.4. The molecule has 0 atom stereocenters. The highest BCUT2D eigenvalue weighted by molar-refractivity contribution is 7.89. The van der Waals surface area contributed by atoms with Crippen molar-refractivity contribution in [1.29, 1.82) is 0 Å². The second-order valence-corrected chi connectivity index (χ2v) is 5.42. The van der Waals surface area contributed by atoms with Gasteiger partial charge < -0.3 is 9.64 Å². The summed E-state index contributed by atoms with van der Waals surface area (Å²) in [5.41, 5.74) is 0.739. The van der Waals surface area contributed by atoms with Gasteiger partial charge in [0.25, 0.3) is 0 Å². The van der Waals surface area contributed by atoms with Crippen LogP contribution in [0.1, 0.15) is 13.8 Å².